The zero-order valence-corrected chi connectivity index (χ0v) is 26.9. The average molecular weight is 641 g/mol. The van der Waals surface area contributed by atoms with Crippen LogP contribution in [-0.4, -0.2) is 44.0 Å². The molecule has 1 aromatic carbocycles. The second kappa shape index (κ2) is 14.1. The third-order valence-electron chi connectivity index (χ3n) is 9.86. The van der Waals surface area contributed by atoms with Gasteiger partial charge in [-0.05, 0) is 97.8 Å². The molecule has 2 heterocycles. The van der Waals surface area contributed by atoms with Crippen LogP contribution in [0.2, 0.25) is 0 Å². The number of ketones is 1. The minimum absolute atomic E-state index is 0.0395. The van der Waals surface area contributed by atoms with Crippen LogP contribution in [0.25, 0.3) is 5.70 Å². The molecule has 0 radical (unpaired) electrons. The highest BCUT2D eigenvalue weighted by Gasteiger charge is 2.66. The van der Waals surface area contributed by atoms with Crippen LogP contribution in [0.4, 0.5) is 17.6 Å². The highest BCUT2D eigenvalue weighted by molar-refractivity contribution is 6.06. The van der Waals surface area contributed by atoms with Crippen molar-refractivity contribution in [1.29, 1.82) is 0 Å². The number of hydrogen-bond donors (Lipinski definition) is 1. The Morgan fingerprint density at radius 2 is 2.04 bits per heavy atom. The van der Waals surface area contributed by atoms with Gasteiger partial charge in [-0.1, -0.05) is 38.1 Å². The fraction of sp³-hybridized carbons (Fsp3) is 0.514. The van der Waals surface area contributed by atoms with Gasteiger partial charge in [0.25, 0.3) is 0 Å². The SMILES string of the molecule is C=C(/C=C(\OC)C1(C(F)(F)F)CC1)CC(=O)Cc1ccc(C2=CNC3C=C(CCCC4CCOCC4CC)C(C)=CC3=N2)cc1F. The number of hydrogen-bond acceptors (Lipinski definition) is 5. The van der Waals surface area contributed by atoms with E-state index in [1.807, 2.05) is 0 Å². The lowest BCUT2D eigenvalue weighted by molar-refractivity contribution is -0.184. The standard InChI is InChI=1S/C37H44F4N2O3/c1-5-25-22-46-14-11-26(25)7-6-8-27-20-32-33(17-24(27)3)43-34(21-42-32)29-10-9-28(31(38)19-29)18-30(44)15-23(2)16-35(45-4)36(12-13-36)37(39,40)41/h9-10,16-17,19-21,25-26,32,42H,2,5-8,11-15,18,22H2,1,3-4H3/b35-16-. The number of methoxy groups -OCH3 is 1. The molecule has 2 fully saturated rings. The molecule has 0 spiro atoms. The van der Waals surface area contributed by atoms with E-state index in [1.54, 1.807) is 18.3 Å². The zero-order valence-electron chi connectivity index (χ0n) is 26.9. The first kappa shape index (κ1) is 33.9. The Kier molecular flexibility index (Phi) is 10.4. The number of aliphatic imine (C=N–C) groups is 1. The first-order chi connectivity index (χ1) is 21.9. The van der Waals surface area contributed by atoms with Gasteiger partial charge in [0, 0.05) is 37.8 Å². The number of nitrogens with zero attached hydrogens (tertiary/aromatic N) is 1. The molecule has 248 valence electrons. The number of ether oxygens (including phenoxy) is 2. The Morgan fingerprint density at radius 1 is 1.26 bits per heavy atom. The summed E-state index contributed by atoms with van der Waals surface area (Å²) in [4.78, 5) is 17.5. The lowest BCUT2D eigenvalue weighted by Crippen LogP contribution is -2.35. The molecule has 1 aromatic rings. The number of halogens is 4. The number of benzene rings is 1. The van der Waals surface area contributed by atoms with E-state index in [9.17, 15) is 18.0 Å². The van der Waals surface area contributed by atoms with Gasteiger partial charge in [-0.2, -0.15) is 13.2 Å². The van der Waals surface area contributed by atoms with Crippen LogP contribution < -0.4 is 5.32 Å². The van der Waals surface area contributed by atoms with Gasteiger partial charge in [0.05, 0.1) is 24.6 Å². The molecular weight excluding hydrogens is 596 g/mol. The third-order valence-corrected chi connectivity index (χ3v) is 9.86. The molecule has 4 aliphatic rings. The number of allylic oxidation sites excluding steroid dienone is 5. The zero-order chi connectivity index (χ0) is 33.1. The molecular formula is C37H44F4N2O3. The van der Waals surface area contributed by atoms with Crippen LogP contribution in [0.1, 0.15) is 76.3 Å². The summed E-state index contributed by atoms with van der Waals surface area (Å²) in [5, 5.41) is 3.41. The topological polar surface area (TPSA) is 59.9 Å². The van der Waals surface area contributed by atoms with Crippen LogP contribution in [-0.2, 0) is 20.7 Å². The number of fused-ring (bicyclic) bond motifs is 1. The molecule has 0 amide bonds. The summed E-state index contributed by atoms with van der Waals surface area (Å²) in [6.45, 7) is 9.86. The Hall–Kier alpha value is -3.46. The monoisotopic (exact) mass is 640 g/mol. The van der Waals surface area contributed by atoms with Crippen LogP contribution in [0.5, 0.6) is 0 Å². The van der Waals surface area contributed by atoms with Crippen molar-refractivity contribution in [1.82, 2.24) is 5.32 Å². The second-order valence-corrected chi connectivity index (χ2v) is 13.1. The van der Waals surface area contributed by atoms with E-state index >= 15 is 4.39 Å². The molecule has 5 rings (SSSR count). The second-order valence-electron chi connectivity index (χ2n) is 13.1. The fourth-order valence-electron chi connectivity index (χ4n) is 6.85. The lowest BCUT2D eigenvalue weighted by atomic mass is 9.82. The maximum atomic E-state index is 15.2. The number of alkyl halides is 3. The summed E-state index contributed by atoms with van der Waals surface area (Å²) >= 11 is 0. The molecule has 2 aliphatic heterocycles. The molecule has 1 saturated heterocycles. The molecule has 2 aliphatic carbocycles. The minimum atomic E-state index is -4.44. The summed E-state index contributed by atoms with van der Waals surface area (Å²) in [6.07, 6.45) is 8.06. The predicted molar refractivity (Wildman–Crippen MR) is 172 cm³/mol. The quantitative estimate of drug-likeness (QED) is 0.133. The Morgan fingerprint density at radius 3 is 2.72 bits per heavy atom. The molecule has 0 bridgehead atoms. The predicted octanol–water partition coefficient (Wildman–Crippen LogP) is 8.59. The summed E-state index contributed by atoms with van der Waals surface area (Å²) in [5.74, 6) is 0.255. The van der Waals surface area contributed by atoms with E-state index < -0.39 is 17.4 Å². The van der Waals surface area contributed by atoms with Gasteiger partial charge in [-0.3, -0.25) is 4.79 Å². The van der Waals surface area contributed by atoms with Crippen molar-refractivity contribution in [2.45, 2.75) is 83.9 Å². The lowest BCUT2D eigenvalue weighted by Gasteiger charge is -2.31. The largest absolute Gasteiger partial charge is 0.500 e. The Bertz CT molecular complexity index is 1500. The average Bonchev–Trinajstić information content (AvgIpc) is 3.84. The van der Waals surface area contributed by atoms with Gasteiger partial charge in [0.1, 0.15) is 22.8 Å². The van der Waals surface area contributed by atoms with Gasteiger partial charge < -0.3 is 14.8 Å². The summed E-state index contributed by atoms with van der Waals surface area (Å²) < 4.78 is 66.3. The summed E-state index contributed by atoms with van der Waals surface area (Å²) in [6, 6.07) is 4.60. The molecule has 46 heavy (non-hydrogen) atoms. The van der Waals surface area contributed by atoms with Crippen molar-refractivity contribution in [3.8, 4) is 0 Å². The Labute approximate surface area is 269 Å². The minimum Gasteiger partial charge on any atom is -0.500 e. The van der Waals surface area contributed by atoms with Crippen molar-refractivity contribution < 1.29 is 31.8 Å². The number of nitrogens with one attached hydrogen (secondary N) is 1. The fourth-order valence-corrected chi connectivity index (χ4v) is 6.85. The number of Topliss-reactive ketones (excluding diaryl/α,β-unsaturated/α-hetero) is 1. The van der Waals surface area contributed by atoms with Crippen molar-refractivity contribution in [2.75, 3.05) is 20.3 Å². The smallest absolute Gasteiger partial charge is 0.401 e. The summed E-state index contributed by atoms with van der Waals surface area (Å²) in [5.41, 5.74) is 2.95. The van der Waals surface area contributed by atoms with Crippen molar-refractivity contribution in [2.24, 2.45) is 22.2 Å². The Balaban J connectivity index is 1.16. The highest BCUT2D eigenvalue weighted by atomic mass is 19.4. The van der Waals surface area contributed by atoms with Crippen molar-refractivity contribution >= 4 is 17.2 Å². The maximum absolute atomic E-state index is 15.2. The molecule has 1 N–H and O–H groups in total. The van der Waals surface area contributed by atoms with Gasteiger partial charge >= 0.3 is 6.18 Å². The molecule has 3 atom stereocenters. The van der Waals surface area contributed by atoms with E-state index in [0.29, 0.717) is 17.2 Å². The third kappa shape index (κ3) is 7.56. The number of rotatable bonds is 13. The van der Waals surface area contributed by atoms with Crippen LogP contribution in [0.15, 0.2) is 76.7 Å². The molecule has 3 unspecified atom stereocenters. The molecule has 9 heteroatoms. The van der Waals surface area contributed by atoms with E-state index in [2.05, 4.69) is 37.9 Å². The first-order valence-corrected chi connectivity index (χ1v) is 16.3. The molecule has 0 aromatic heterocycles. The first-order valence-electron chi connectivity index (χ1n) is 16.3. The number of carbonyl (C=O) groups is 1. The van der Waals surface area contributed by atoms with E-state index in [-0.39, 0.29) is 54.4 Å². The van der Waals surface area contributed by atoms with E-state index in [0.717, 1.165) is 44.1 Å². The normalized spacial score (nSPS) is 24.1. The van der Waals surface area contributed by atoms with Gasteiger partial charge in [-0.15, -0.1) is 0 Å². The van der Waals surface area contributed by atoms with Crippen LogP contribution in [0, 0.1) is 23.1 Å². The molecule has 5 nitrogen and oxygen atoms in total. The molecule has 1 saturated carbocycles. The van der Waals surface area contributed by atoms with Gasteiger partial charge in [0.15, 0.2) is 0 Å². The van der Waals surface area contributed by atoms with E-state index in [4.69, 9.17) is 14.5 Å². The van der Waals surface area contributed by atoms with Gasteiger partial charge in [0.2, 0.25) is 0 Å². The highest BCUT2D eigenvalue weighted by Crippen LogP contribution is 2.62. The van der Waals surface area contributed by atoms with Crippen LogP contribution in [0.3, 0.4) is 0 Å². The van der Waals surface area contributed by atoms with E-state index in [1.165, 1.54) is 43.2 Å². The van der Waals surface area contributed by atoms with Crippen LogP contribution >= 0.6 is 0 Å². The maximum Gasteiger partial charge on any atom is 0.401 e. The van der Waals surface area contributed by atoms with Gasteiger partial charge in [-0.25, -0.2) is 9.38 Å². The number of carbonyl (C=O) groups excluding carboxylic acids is 1. The van der Waals surface area contributed by atoms with Crippen molar-refractivity contribution in [3.63, 3.8) is 0 Å². The summed E-state index contributed by atoms with van der Waals surface area (Å²) in [7, 11) is 1.18. The van der Waals surface area contributed by atoms with Crippen molar-refractivity contribution in [3.05, 3.63) is 88.6 Å².